The zero-order valence-corrected chi connectivity index (χ0v) is 15.1. The van der Waals surface area contributed by atoms with E-state index in [-0.39, 0.29) is 24.4 Å². The van der Waals surface area contributed by atoms with Crippen LogP contribution >= 0.6 is 0 Å². The van der Waals surface area contributed by atoms with Crippen LogP contribution in [-0.4, -0.2) is 65.5 Å². The summed E-state index contributed by atoms with van der Waals surface area (Å²) in [7, 11) is 1.98. The molecule has 2 aliphatic heterocycles. The van der Waals surface area contributed by atoms with Crippen molar-refractivity contribution in [2.45, 2.75) is 50.4 Å². The summed E-state index contributed by atoms with van der Waals surface area (Å²) in [6.07, 6.45) is 1.18. The molecule has 2 aliphatic rings. The molecule has 1 aromatic heterocycles. The van der Waals surface area contributed by atoms with Crippen LogP contribution in [0.5, 0.6) is 0 Å². The molecule has 2 atom stereocenters. The molecule has 5 nitrogen and oxygen atoms in total. The number of halogens is 3. The van der Waals surface area contributed by atoms with E-state index in [1.54, 1.807) is 11.0 Å². The lowest BCUT2D eigenvalue weighted by atomic mass is 10.0. The minimum atomic E-state index is -4.37. The first-order valence-electron chi connectivity index (χ1n) is 9.09. The summed E-state index contributed by atoms with van der Waals surface area (Å²) >= 11 is 0. The lowest BCUT2D eigenvalue weighted by Gasteiger charge is -2.33. The maximum Gasteiger partial charge on any atom is 0.435 e. The number of anilines is 1. The minimum absolute atomic E-state index is 0.160. The Balaban J connectivity index is 0.000000209. The summed E-state index contributed by atoms with van der Waals surface area (Å²) in [5, 5.41) is 18.0. The number of pyridine rings is 1. The number of rotatable bonds is 2. The number of hydrogen-bond acceptors (Lipinski definition) is 5. The van der Waals surface area contributed by atoms with E-state index in [2.05, 4.69) is 9.88 Å². The Labute approximate surface area is 152 Å². The van der Waals surface area contributed by atoms with Crippen LogP contribution in [0.1, 0.15) is 37.8 Å². The van der Waals surface area contributed by atoms with E-state index < -0.39 is 11.9 Å². The molecule has 2 unspecified atom stereocenters. The number of aromatic nitrogens is 1. The molecule has 8 heteroatoms. The number of aliphatic hydroxyl groups excluding tert-OH is 2. The van der Waals surface area contributed by atoms with Gasteiger partial charge in [-0.15, -0.1) is 0 Å². The first kappa shape index (κ1) is 20.9. The van der Waals surface area contributed by atoms with Gasteiger partial charge in [0.25, 0.3) is 0 Å². The lowest BCUT2D eigenvalue weighted by Crippen LogP contribution is -2.43. The third kappa shape index (κ3) is 5.82. The lowest BCUT2D eigenvalue weighted by molar-refractivity contribution is -0.140. The SMILES string of the molecule is CN1CCC(O)CC1CO.FC(F)(F)c1ncccc1N1CCCCC1. The second-order valence-electron chi connectivity index (χ2n) is 6.91. The molecule has 2 N–H and O–H groups in total. The zero-order chi connectivity index (χ0) is 19.2. The number of piperidine rings is 2. The normalized spacial score (nSPS) is 24.8. The Bertz CT molecular complexity index is 551. The minimum Gasteiger partial charge on any atom is -0.395 e. The van der Waals surface area contributed by atoms with Crippen molar-refractivity contribution in [3.05, 3.63) is 24.0 Å². The maximum absolute atomic E-state index is 12.7. The van der Waals surface area contributed by atoms with Crippen LogP contribution in [0.4, 0.5) is 18.9 Å². The van der Waals surface area contributed by atoms with Gasteiger partial charge in [0, 0.05) is 31.9 Å². The van der Waals surface area contributed by atoms with Crippen LogP contribution in [0.2, 0.25) is 0 Å². The first-order valence-corrected chi connectivity index (χ1v) is 9.09. The van der Waals surface area contributed by atoms with Crippen LogP contribution < -0.4 is 4.90 Å². The Morgan fingerprint density at radius 3 is 2.46 bits per heavy atom. The topological polar surface area (TPSA) is 59.8 Å². The van der Waals surface area contributed by atoms with E-state index in [0.717, 1.165) is 32.2 Å². The monoisotopic (exact) mass is 375 g/mol. The van der Waals surface area contributed by atoms with E-state index in [0.29, 0.717) is 19.5 Å². The molecule has 3 heterocycles. The van der Waals surface area contributed by atoms with E-state index in [1.807, 2.05) is 7.05 Å². The Hall–Kier alpha value is -1.38. The fourth-order valence-electron chi connectivity index (χ4n) is 3.37. The van der Waals surface area contributed by atoms with Crippen molar-refractivity contribution < 1.29 is 23.4 Å². The number of likely N-dealkylation sites (N-methyl/N-ethyl adjacent to an activating group) is 1. The first-order chi connectivity index (χ1) is 12.3. The molecule has 0 spiro atoms. The highest BCUT2D eigenvalue weighted by molar-refractivity contribution is 5.51. The molecule has 2 saturated heterocycles. The molecule has 148 valence electrons. The molecule has 1 aromatic rings. The predicted molar refractivity (Wildman–Crippen MR) is 94.0 cm³/mol. The van der Waals surface area contributed by atoms with Crippen LogP contribution in [0, 0.1) is 0 Å². The van der Waals surface area contributed by atoms with E-state index in [4.69, 9.17) is 5.11 Å². The molecular formula is C18H28F3N3O2. The van der Waals surface area contributed by atoms with Crippen molar-refractivity contribution in [3.8, 4) is 0 Å². The van der Waals surface area contributed by atoms with E-state index in [1.165, 1.54) is 12.3 Å². The zero-order valence-electron chi connectivity index (χ0n) is 15.1. The van der Waals surface area contributed by atoms with Gasteiger partial charge in [0.15, 0.2) is 5.69 Å². The van der Waals surface area contributed by atoms with Crippen molar-refractivity contribution in [1.82, 2.24) is 9.88 Å². The van der Waals surface area contributed by atoms with Gasteiger partial charge >= 0.3 is 6.18 Å². The summed E-state index contributed by atoms with van der Waals surface area (Å²) < 4.78 is 38.1. The van der Waals surface area contributed by atoms with Crippen LogP contribution in [0.25, 0.3) is 0 Å². The number of nitrogens with zero attached hydrogens (tertiary/aromatic N) is 3. The molecule has 0 saturated carbocycles. The molecule has 0 amide bonds. The third-order valence-corrected chi connectivity index (χ3v) is 4.94. The summed E-state index contributed by atoms with van der Waals surface area (Å²) in [5.41, 5.74) is -0.549. The molecule has 0 radical (unpaired) electrons. The highest BCUT2D eigenvalue weighted by Crippen LogP contribution is 2.35. The summed E-state index contributed by atoms with van der Waals surface area (Å²) in [5.74, 6) is 0. The average Bonchev–Trinajstić information content (AvgIpc) is 2.64. The van der Waals surface area contributed by atoms with Crippen molar-refractivity contribution >= 4 is 5.69 Å². The van der Waals surface area contributed by atoms with Gasteiger partial charge in [-0.2, -0.15) is 13.2 Å². The second kappa shape index (κ2) is 9.53. The second-order valence-corrected chi connectivity index (χ2v) is 6.91. The van der Waals surface area contributed by atoms with Gasteiger partial charge in [0.05, 0.1) is 18.4 Å². The number of hydrogen-bond donors (Lipinski definition) is 2. The van der Waals surface area contributed by atoms with Gasteiger partial charge in [-0.1, -0.05) is 0 Å². The summed E-state index contributed by atoms with van der Waals surface area (Å²) in [4.78, 5) is 7.33. The molecule has 0 aliphatic carbocycles. The van der Waals surface area contributed by atoms with Crippen molar-refractivity contribution in [2.24, 2.45) is 0 Å². The van der Waals surface area contributed by atoms with Crippen LogP contribution in [0.15, 0.2) is 18.3 Å². The number of aliphatic hydroxyl groups is 2. The Kier molecular flexibility index (Phi) is 7.67. The van der Waals surface area contributed by atoms with Gasteiger partial charge in [-0.05, 0) is 51.3 Å². The Morgan fingerprint density at radius 1 is 1.19 bits per heavy atom. The smallest absolute Gasteiger partial charge is 0.395 e. The highest BCUT2D eigenvalue weighted by Gasteiger charge is 2.36. The predicted octanol–water partition coefficient (Wildman–Crippen LogP) is 2.52. The quantitative estimate of drug-likeness (QED) is 0.832. The molecule has 3 rings (SSSR count). The van der Waals surface area contributed by atoms with Gasteiger partial charge in [-0.25, -0.2) is 4.98 Å². The van der Waals surface area contributed by atoms with Gasteiger partial charge in [0.2, 0.25) is 0 Å². The third-order valence-electron chi connectivity index (χ3n) is 4.94. The van der Waals surface area contributed by atoms with E-state index >= 15 is 0 Å². The van der Waals surface area contributed by atoms with Gasteiger partial charge in [0.1, 0.15) is 0 Å². The Morgan fingerprint density at radius 2 is 1.88 bits per heavy atom. The molecule has 0 aromatic carbocycles. The average molecular weight is 375 g/mol. The van der Waals surface area contributed by atoms with Crippen LogP contribution in [-0.2, 0) is 6.18 Å². The van der Waals surface area contributed by atoms with Crippen molar-refractivity contribution in [1.29, 1.82) is 0 Å². The molecule has 2 fully saturated rings. The largest absolute Gasteiger partial charge is 0.435 e. The van der Waals surface area contributed by atoms with Crippen LogP contribution in [0.3, 0.4) is 0 Å². The molecular weight excluding hydrogens is 347 g/mol. The summed E-state index contributed by atoms with van der Waals surface area (Å²) in [6, 6.07) is 3.23. The number of likely N-dealkylation sites (tertiary alicyclic amines) is 1. The number of alkyl halides is 3. The van der Waals surface area contributed by atoms with Crippen molar-refractivity contribution in [3.63, 3.8) is 0 Å². The highest BCUT2D eigenvalue weighted by atomic mass is 19.4. The summed E-state index contributed by atoms with van der Waals surface area (Å²) in [6.45, 7) is 2.43. The van der Waals surface area contributed by atoms with E-state index in [9.17, 15) is 18.3 Å². The maximum atomic E-state index is 12.7. The van der Waals surface area contributed by atoms with Crippen molar-refractivity contribution in [2.75, 3.05) is 38.2 Å². The fourth-order valence-corrected chi connectivity index (χ4v) is 3.37. The molecule has 0 bridgehead atoms. The standard InChI is InChI=1S/C11H13F3N2.C7H15NO2/c12-11(13,14)10-9(5-4-6-15-10)16-7-2-1-3-8-16;1-8-3-2-7(10)4-6(8)5-9/h4-6H,1-3,7-8H2;6-7,9-10H,2-5H2,1H3. The van der Waals surface area contributed by atoms with Gasteiger partial charge < -0.3 is 20.0 Å². The molecule has 26 heavy (non-hydrogen) atoms. The fraction of sp³-hybridized carbons (Fsp3) is 0.722. The van der Waals surface area contributed by atoms with Gasteiger partial charge in [-0.3, -0.25) is 0 Å².